The highest BCUT2D eigenvalue weighted by atomic mass is 16.5. The Kier molecular flexibility index (Phi) is 3.91. The molecular weight excluding hydrogens is 200 g/mol. The minimum atomic E-state index is -0.149. The molecule has 0 bridgehead atoms. The molecule has 2 fully saturated rings. The molecule has 0 amide bonds. The van der Waals surface area contributed by atoms with Gasteiger partial charge in [-0.15, -0.1) is 0 Å². The maximum atomic E-state index is 9.79. The molecule has 1 aliphatic carbocycles. The highest BCUT2D eigenvalue weighted by molar-refractivity contribution is 4.93. The van der Waals surface area contributed by atoms with Gasteiger partial charge in [0.15, 0.2) is 0 Å². The lowest BCUT2D eigenvalue weighted by molar-refractivity contribution is -0.0507. The van der Waals surface area contributed by atoms with E-state index in [0.29, 0.717) is 12.0 Å². The van der Waals surface area contributed by atoms with Crippen LogP contribution in [0.25, 0.3) is 0 Å². The first-order valence-corrected chi connectivity index (χ1v) is 7.01. The van der Waals surface area contributed by atoms with Crippen molar-refractivity contribution in [3.05, 3.63) is 0 Å². The third kappa shape index (κ3) is 2.60. The van der Waals surface area contributed by atoms with Crippen LogP contribution in [-0.2, 0) is 4.74 Å². The highest BCUT2D eigenvalue weighted by Crippen LogP contribution is 2.44. The Labute approximate surface area is 99.4 Å². The van der Waals surface area contributed by atoms with Gasteiger partial charge in [0.2, 0.25) is 0 Å². The van der Waals surface area contributed by atoms with Gasteiger partial charge >= 0.3 is 0 Å². The number of hydrogen-bond acceptors (Lipinski definition) is 2. The molecule has 1 aliphatic heterocycles. The second-order valence-electron chi connectivity index (χ2n) is 5.86. The fraction of sp³-hybridized carbons (Fsp3) is 1.00. The van der Waals surface area contributed by atoms with Crippen LogP contribution in [0.15, 0.2) is 0 Å². The summed E-state index contributed by atoms with van der Waals surface area (Å²) in [6.45, 7) is 4.20. The lowest BCUT2D eigenvalue weighted by Crippen LogP contribution is -2.27. The van der Waals surface area contributed by atoms with Crippen molar-refractivity contribution in [1.29, 1.82) is 0 Å². The minimum Gasteiger partial charge on any atom is -0.393 e. The molecule has 16 heavy (non-hydrogen) atoms. The zero-order chi connectivity index (χ0) is 11.6. The van der Waals surface area contributed by atoms with Crippen LogP contribution < -0.4 is 0 Å². The van der Waals surface area contributed by atoms with E-state index in [4.69, 9.17) is 4.74 Å². The van der Waals surface area contributed by atoms with E-state index in [1.807, 2.05) is 0 Å². The van der Waals surface area contributed by atoms with Gasteiger partial charge in [-0.3, -0.25) is 0 Å². The lowest BCUT2D eigenvalue weighted by atomic mass is 9.93. The average Bonchev–Trinajstić information content (AvgIpc) is 2.89. The highest BCUT2D eigenvalue weighted by Gasteiger charge is 2.42. The van der Waals surface area contributed by atoms with E-state index in [0.717, 1.165) is 12.8 Å². The van der Waals surface area contributed by atoms with Gasteiger partial charge in [0.1, 0.15) is 0 Å². The number of rotatable bonds is 4. The SMILES string of the molecule is CCC(O)C(C)CC1CCC2(CCCC2)O1. The van der Waals surface area contributed by atoms with Gasteiger partial charge < -0.3 is 9.84 Å². The second kappa shape index (κ2) is 5.05. The number of aliphatic hydroxyl groups is 1. The van der Waals surface area contributed by atoms with Crippen LogP contribution in [0.3, 0.4) is 0 Å². The van der Waals surface area contributed by atoms with Crippen molar-refractivity contribution >= 4 is 0 Å². The molecule has 1 saturated heterocycles. The summed E-state index contributed by atoms with van der Waals surface area (Å²) in [5.41, 5.74) is 0.252. The van der Waals surface area contributed by atoms with Gasteiger partial charge in [0.25, 0.3) is 0 Å². The molecule has 0 aromatic rings. The molecule has 1 heterocycles. The second-order valence-corrected chi connectivity index (χ2v) is 5.86. The first kappa shape index (κ1) is 12.4. The molecule has 2 heteroatoms. The Morgan fingerprint density at radius 2 is 2.00 bits per heavy atom. The Hall–Kier alpha value is -0.0800. The molecule has 0 radical (unpaired) electrons. The Morgan fingerprint density at radius 3 is 2.62 bits per heavy atom. The predicted molar refractivity (Wildman–Crippen MR) is 65.4 cm³/mol. The Morgan fingerprint density at radius 1 is 1.31 bits per heavy atom. The molecule has 3 atom stereocenters. The van der Waals surface area contributed by atoms with Crippen molar-refractivity contribution in [2.45, 2.75) is 83.0 Å². The molecule has 1 saturated carbocycles. The van der Waals surface area contributed by atoms with Crippen LogP contribution in [0.2, 0.25) is 0 Å². The van der Waals surface area contributed by atoms with Crippen molar-refractivity contribution < 1.29 is 9.84 Å². The van der Waals surface area contributed by atoms with Crippen molar-refractivity contribution in [2.24, 2.45) is 5.92 Å². The molecular formula is C14H26O2. The van der Waals surface area contributed by atoms with Crippen LogP contribution in [-0.4, -0.2) is 22.9 Å². The number of hydrogen-bond donors (Lipinski definition) is 1. The van der Waals surface area contributed by atoms with Crippen molar-refractivity contribution in [2.75, 3.05) is 0 Å². The normalized spacial score (nSPS) is 32.1. The van der Waals surface area contributed by atoms with Crippen molar-refractivity contribution in [3.8, 4) is 0 Å². The maximum Gasteiger partial charge on any atom is 0.0687 e. The first-order valence-electron chi connectivity index (χ1n) is 7.01. The lowest BCUT2D eigenvalue weighted by Gasteiger charge is -2.26. The molecule has 94 valence electrons. The van der Waals surface area contributed by atoms with E-state index in [1.54, 1.807) is 0 Å². The van der Waals surface area contributed by atoms with Crippen molar-refractivity contribution in [1.82, 2.24) is 0 Å². The van der Waals surface area contributed by atoms with Gasteiger partial charge in [0.05, 0.1) is 17.8 Å². The summed E-state index contributed by atoms with van der Waals surface area (Å²) in [5.74, 6) is 0.381. The fourth-order valence-electron chi connectivity index (χ4n) is 3.42. The summed E-state index contributed by atoms with van der Waals surface area (Å²) in [7, 11) is 0. The summed E-state index contributed by atoms with van der Waals surface area (Å²) in [6, 6.07) is 0. The average molecular weight is 226 g/mol. The van der Waals surface area contributed by atoms with E-state index in [1.165, 1.54) is 38.5 Å². The van der Waals surface area contributed by atoms with E-state index >= 15 is 0 Å². The summed E-state index contributed by atoms with van der Waals surface area (Å²) < 4.78 is 6.26. The molecule has 0 aromatic heterocycles. The van der Waals surface area contributed by atoms with Crippen molar-refractivity contribution in [3.63, 3.8) is 0 Å². The van der Waals surface area contributed by atoms with Gasteiger partial charge in [-0.25, -0.2) is 0 Å². The molecule has 3 unspecified atom stereocenters. The smallest absolute Gasteiger partial charge is 0.0687 e. The number of ether oxygens (including phenoxy) is 1. The molecule has 2 nitrogen and oxygen atoms in total. The predicted octanol–water partition coefficient (Wildman–Crippen LogP) is 3.28. The largest absolute Gasteiger partial charge is 0.393 e. The van der Waals surface area contributed by atoms with Crippen LogP contribution in [0.5, 0.6) is 0 Å². The van der Waals surface area contributed by atoms with E-state index in [-0.39, 0.29) is 11.7 Å². The monoisotopic (exact) mass is 226 g/mol. The van der Waals surface area contributed by atoms with Crippen LogP contribution in [0.1, 0.15) is 65.2 Å². The standard InChI is InChI=1S/C14H26O2/c1-3-13(15)11(2)10-12-6-9-14(16-12)7-4-5-8-14/h11-13,15H,3-10H2,1-2H3. The van der Waals surface area contributed by atoms with Gasteiger partial charge in [-0.05, 0) is 44.4 Å². The van der Waals surface area contributed by atoms with E-state index < -0.39 is 0 Å². The third-order valence-electron chi connectivity index (χ3n) is 4.56. The van der Waals surface area contributed by atoms with Crippen LogP contribution >= 0.6 is 0 Å². The van der Waals surface area contributed by atoms with Gasteiger partial charge in [-0.1, -0.05) is 26.7 Å². The van der Waals surface area contributed by atoms with Gasteiger partial charge in [-0.2, -0.15) is 0 Å². The minimum absolute atomic E-state index is 0.149. The zero-order valence-corrected chi connectivity index (χ0v) is 10.7. The Balaban J connectivity index is 1.80. The molecule has 1 N–H and O–H groups in total. The molecule has 2 rings (SSSR count). The Bertz CT molecular complexity index is 221. The molecule has 0 aromatic carbocycles. The fourth-order valence-corrected chi connectivity index (χ4v) is 3.42. The maximum absolute atomic E-state index is 9.79. The third-order valence-corrected chi connectivity index (χ3v) is 4.56. The zero-order valence-electron chi connectivity index (χ0n) is 10.7. The summed E-state index contributed by atoms with van der Waals surface area (Å²) in [6.07, 6.45) is 9.86. The molecule has 2 aliphatic rings. The first-order chi connectivity index (χ1) is 7.65. The summed E-state index contributed by atoms with van der Waals surface area (Å²) >= 11 is 0. The van der Waals surface area contributed by atoms with E-state index in [9.17, 15) is 5.11 Å². The summed E-state index contributed by atoms with van der Waals surface area (Å²) in [5, 5.41) is 9.79. The van der Waals surface area contributed by atoms with E-state index in [2.05, 4.69) is 13.8 Å². The molecule has 1 spiro atoms. The topological polar surface area (TPSA) is 29.5 Å². The van der Waals surface area contributed by atoms with Crippen LogP contribution in [0.4, 0.5) is 0 Å². The van der Waals surface area contributed by atoms with Gasteiger partial charge in [0, 0.05) is 0 Å². The summed E-state index contributed by atoms with van der Waals surface area (Å²) in [4.78, 5) is 0. The number of aliphatic hydroxyl groups excluding tert-OH is 1. The van der Waals surface area contributed by atoms with Crippen LogP contribution in [0, 0.1) is 5.92 Å². The quantitative estimate of drug-likeness (QED) is 0.797.